The number of sulfonamides is 1. The molecule has 1 aromatic rings. The Morgan fingerprint density at radius 1 is 1.33 bits per heavy atom. The molecular formula is C14H22N2O4S. The number of carboxylic acids is 1. The molecule has 0 aliphatic rings. The maximum absolute atomic E-state index is 12.1. The summed E-state index contributed by atoms with van der Waals surface area (Å²) in [5.41, 5.74) is -0.0402. The van der Waals surface area contributed by atoms with Gasteiger partial charge in [-0.25, -0.2) is 22.9 Å². The number of aromatic nitrogens is 1. The van der Waals surface area contributed by atoms with E-state index in [1.807, 2.05) is 6.92 Å². The SMILES string of the molecule is CCCCCCC(C)NS(=O)(=O)c1ccc(C(=O)O)cn1. The van der Waals surface area contributed by atoms with Gasteiger partial charge in [-0.1, -0.05) is 32.6 Å². The quantitative estimate of drug-likeness (QED) is 0.682. The lowest BCUT2D eigenvalue weighted by Crippen LogP contribution is -2.33. The molecule has 2 N–H and O–H groups in total. The van der Waals surface area contributed by atoms with Crippen LogP contribution in [0.3, 0.4) is 0 Å². The molecule has 0 aliphatic heterocycles. The molecule has 0 aromatic carbocycles. The van der Waals surface area contributed by atoms with Gasteiger partial charge in [0.2, 0.25) is 0 Å². The number of hydrogen-bond donors (Lipinski definition) is 2. The summed E-state index contributed by atoms with van der Waals surface area (Å²) < 4.78 is 26.7. The van der Waals surface area contributed by atoms with Crippen molar-refractivity contribution in [2.75, 3.05) is 0 Å². The maximum Gasteiger partial charge on any atom is 0.337 e. The van der Waals surface area contributed by atoms with Crippen molar-refractivity contribution in [2.24, 2.45) is 0 Å². The highest BCUT2D eigenvalue weighted by Crippen LogP contribution is 2.10. The van der Waals surface area contributed by atoms with Crippen LogP contribution >= 0.6 is 0 Å². The zero-order valence-electron chi connectivity index (χ0n) is 12.4. The second-order valence-electron chi connectivity index (χ2n) is 5.06. The molecule has 0 amide bonds. The Morgan fingerprint density at radius 3 is 2.57 bits per heavy atom. The first-order valence-corrected chi connectivity index (χ1v) is 8.57. The predicted octanol–water partition coefficient (Wildman–Crippen LogP) is 2.42. The topological polar surface area (TPSA) is 96.4 Å². The van der Waals surface area contributed by atoms with E-state index in [2.05, 4.69) is 16.6 Å². The minimum atomic E-state index is -3.70. The maximum atomic E-state index is 12.1. The molecule has 0 bridgehead atoms. The van der Waals surface area contributed by atoms with E-state index in [1.165, 1.54) is 12.1 Å². The number of carboxylic acid groups (broad SMARTS) is 1. The van der Waals surface area contributed by atoms with Gasteiger partial charge in [0.05, 0.1) is 5.56 Å². The van der Waals surface area contributed by atoms with E-state index in [-0.39, 0.29) is 16.6 Å². The number of pyridine rings is 1. The first kappa shape index (κ1) is 17.6. The second kappa shape index (κ2) is 8.09. The summed E-state index contributed by atoms with van der Waals surface area (Å²) >= 11 is 0. The normalized spacial score (nSPS) is 13.0. The lowest BCUT2D eigenvalue weighted by molar-refractivity contribution is 0.0696. The molecular weight excluding hydrogens is 292 g/mol. The molecule has 0 saturated carbocycles. The number of carbonyl (C=O) groups is 1. The van der Waals surface area contributed by atoms with Gasteiger partial charge in [0, 0.05) is 12.2 Å². The Labute approximate surface area is 125 Å². The molecule has 6 nitrogen and oxygen atoms in total. The van der Waals surface area contributed by atoms with Crippen molar-refractivity contribution in [3.05, 3.63) is 23.9 Å². The molecule has 1 aromatic heterocycles. The summed E-state index contributed by atoms with van der Waals surface area (Å²) in [6.45, 7) is 3.94. The Kier molecular flexibility index (Phi) is 6.77. The fraction of sp³-hybridized carbons (Fsp3) is 0.571. The van der Waals surface area contributed by atoms with Crippen LogP contribution in [0.1, 0.15) is 56.3 Å². The molecule has 0 radical (unpaired) electrons. The number of unbranched alkanes of at least 4 members (excludes halogenated alkanes) is 3. The van der Waals surface area contributed by atoms with Gasteiger partial charge in [-0.05, 0) is 25.5 Å². The third-order valence-electron chi connectivity index (χ3n) is 3.11. The zero-order valence-corrected chi connectivity index (χ0v) is 13.2. The van der Waals surface area contributed by atoms with Crippen LogP contribution in [0.4, 0.5) is 0 Å². The van der Waals surface area contributed by atoms with Crippen molar-refractivity contribution in [3.8, 4) is 0 Å². The van der Waals surface area contributed by atoms with E-state index in [1.54, 1.807) is 0 Å². The van der Waals surface area contributed by atoms with Crippen LogP contribution in [0, 0.1) is 0 Å². The van der Waals surface area contributed by atoms with Gasteiger partial charge in [-0.3, -0.25) is 0 Å². The lowest BCUT2D eigenvalue weighted by Gasteiger charge is -2.13. The van der Waals surface area contributed by atoms with Gasteiger partial charge in [-0.15, -0.1) is 0 Å². The first-order chi connectivity index (χ1) is 9.86. The average molecular weight is 314 g/mol. The van der Waals surface area contributed by atoms with Crippen molar-refractivity contribution >= 4 is 16.0 Å². The molecule has 1 heterocycles. The minimum Gasteiger partial charge on any atom is -0.478 e. The van der Waals surface area contributed by atoms with Crippen LogP contribution < -0.4 is 4.72 Å². The fourth-order valence-electron chi connectivity index (χ4n) is 1.93. The molecule has 0 saturated heterocycles. The van der Waals surface area contributed by atoms with Gasteiger partial charge in [-0.2, -0.15) is 0 Å². The van der Waals surface area contributed by atoms with Crippen LogP contribution in [0.2, 0.25) is 0 Å². The largest absolute Gasteiger partial charge is 0.478 e. The van der Waals surface area contributed by atoms with Gasteiger partial charge < -0.3 is 5.11 Å². The number of nitrogens with zero attached hydrogens (tertiary/aromatic N) is 1. The van der Waals surface area contributed by atoms with E-state index >= 15 is 0 Å². The third-order valence-corrected chi connectivity index (χ3v) is 4.61. The number of aromatic carboxylic acids is 1. The van der Waals surface area contributed by atoms with Crippen LogP contribution in [-0.4, -0.2) is 30.5 Å². The smallest absolute Gasteiger partial charge is 0.337 e. The molecule has 1 atom stereocenters. The third kappa shape index (κ3) is 5.81. The molecule has 0 fully saturated rings. The minimum absolute atomic E-state index is 0.0402. The van der Waals surface area contributed by atoms with Crippen LogP contribution in [0.5, 0.6) is 0 Å². The first-order valence-electron chi connectivity index (χ1n) is 7.08. The Bertz CT molecular complexity index is 555. The zero-order chi connectivity index (χ0) is 15.9. The van der Waals surface area contributed by atoms with E-state index in [9.17, 15) is 13.2 Å². The predicted molar refractivity (Wildman–Crippen MR) is 79.7 cm³/mol. The second-order valence-corrected chi connectivity index (χ2v) is 6.72. The van der Waals surface area contributed by atoms with Crippen LogP contribution in [0.15, 0.2) is 23.4 Å². The number of nitrogens with one attached hydrogen (secondary N) is 1. The molecule has 118 valence electrons. The van der Waals surface area contributed by atoms with Crippen molar-refractivity contribution < 1.29 is 18.3 Å². The highest BCUT2D eigenvalue weighted by atomic mass is 32.2. The van der Waals surface area contributed by atoms with E-state index < -0.39 is 16.0 Å². The van der Waals surface area contributed by atoms with Gasteiger partial charge in [0.15, 0.2) is 5.03 Å². The van der Waals surface area contributed by atoms with Crippen molar-refractivity contribution in [3.63, 3.8) is 0 Å². The molecule has 0 aliphatic carbocycles. The Morgan fingerprint density at radius 2 is 2.05 bits per heavy atom. The van der Waals surface area contributed by atoms with Crippen molar-refractivity contribution in [1.29, 1.82) is 0 Å². The van der Waals surface area contributed by atoms with E-state index in [4.69, 9.17) is 5.11 Å². The Hall–Kier alpha value is -1.47. The molecule has 21 heavy (non-hydrogen) atoms. The van der Waals surface area contributed by atoms with Gasteiger partial charge in [0.25, 0.3) is 10.0 Å². The summed E-state index contributed by atoms with van der Waals surface area (Å²) in [6.07, 6.45) is 6.17. The monoisotopic (exact) mass is 314 g/mol. The lowest BCUT2D eigenvalue weighted by atomic mass is 10.1. The van der Waals surface area contributed by atoms with Crippen LogP contribution in [-0.2, 0) is 10.0 Å². The average Bonchev–Trinajstić information content (AvgIpc) is 2.43. The van der Waals surface area contributed by atoms with Crippen molar-refractivity contribution in [2.45, 2.75) is 57.0 Å². The highest BCUT2D eigenvalue weighted by molar-refractivity contribution is 7.89. The number of hydrogen-bond acceptors (Lipinski definition) is 4. The summed E-state index contributed by atoms with van der Waals surface area (Å²) in [5.74, 6) is -1.14. The summed E-state index contributed by atoms with van der Waals surface area (Å²) in [5, 5.41) is 8.60. The summed E-state index contributed by atoms with van der Waals surface area (Å²) in [6, 6.07) is 2.26. The van der Waals surface area contributed by atoms with Gasteiger partial charge in [0.1, 0.15) is 0 Å². The summed E-state index contributed by atoms with van der Waals surface area (Å²) in [7, 11) is -3.70. The molecule has 0 spiro atoms. The molecule has 1 unspecified atom stereocenters. The van der Waals surface area contributed by atoms with Crippen molar-refractivity contribution in [1.82, 2.24) is 9.71 Å². The fourth-order valence-corrected chi connectivity index (χ4v) is 3.13. The molecule has 7 heteroatoms. The molecule has 1 rings (SSSR count). The van der Waals surface area contributed by atoms with Crippen LogP contribution in [0.25, 0.3) is 0 Å². The van der Waals surface area contributed by atoms with E-state index in [0.29, 0.717) is 0 Å². The van der Waals surface area contributed by atoms with E-state index in [0.717, 1.165) is 38.3 Å². The summed E-state index contributed by atoms with van der Waals surface area (Å²) in [4.78, 5) is 14.4. The van der Waals surface area contributed by atoms with Gasteiger partial charge >= 0.3 is 5.97 Å². The number of rotatable bonds is 9. The highest BCUT2D eigenvalue weighted by Gasteiger charge is 2.19. The Balaban J connectivity index is 2.62. The standard InChI is InChI=1S/C14H22N2O4S/c1-3-4-5-6-7-11(2)16-21(19,20)13-9-8-12(10-15-13)14(17)18/h8-11,16H,3-7H2,1-2H3,(H,17,18).